The van der Waals surface area contributed by atoms with Crippen LogP contribution in [-0.4, -0.2) is 17.4 Å². The van der Waals surface area contributed by atoms with Gasteiger partial charge in [-0.05, 0) is 6.92 Å². The molecule has 0 N–H and O–H groups in total. The van der Waals surface area contributed by atoms with Crippen LogP contribution in [0.15, 0.2) is 0 Å². The fraction of sp³-hybridized carbons (Fsp3) is 1.00. The van der Waals surface area contributed by atoms with Crippen LogP contribution in [0.4, 0.5) is 8.78 Å². The largest absolute Gasteiger partial charge is 0.358 e. The maximum Gasteiger partial charge on any atom is 0.358 e. The molecule has 3 nitrogen and oxygen atoms in total. The van der Waals surface area contributed by atoms with Crippen molar-refractivity contribution < 1.29 is 21.4 Å². The Labute approximate surface area is 53.8 Å². The summed E-state index contributed by atoms with van der Waals surface area (Å²) in [5.74, 6) is 0. The van der Waals surface area contributed by atoms with E-state index in [9.17, 15) is 13.0 Å². The third kappa shape index (κ3) is 5.81. The summed E-state index contributed by atoms with van der Waals surface area (Å²) in [7, 11) is 0. The molecular weight excluding hydrogens is 154 g/mol. The molecule has 9 heavy (non-hydrogen) atoms. The van der Waals surface area contributed by atoms with Crippen LogP contribution >= 0.6 is 0 Å². The van der Waals surface area contributed by atoms with Crippen LogP contribution in [0.5, 0.6) is 0 Å². The summed E-state index contributed by atoms with van der Waals surface area (Å²) in [6.45, 7) is -1.44. The molecule has 0 aromatic heterocycles. The van der Waals surface area contributed by atoms with Crippen LogP contribution in [0.3, 0.4) is 0 Å². The summed E-state index contributed by atoms with van der Waals surface area (Å²) in [6, 6.07) is 0. The summed E-state index contributed by atoms with van der Waals surface area (Å²) in [5, 5.41) is 0. The first-order valence-electron chi connectivity index (χ1n) is 2.17. The Morgan fingerprint density at radius 2 is 2.22 bits per heavy atom. The summed E-state index contributed by atoms with van der Waals surface area (Å²) in [5.41, 5.74) is 0. The molecule has 0 radical (unpaired) electrons. The van der Waals surface area contributed by atoms with Gasteiger partial charge < -0.3 is 0 Å². The Balaban J connectivity index is 3.27. The van der Waals surface area contributed by atoms with E-state index < -0.39 is 18.0 Å². The van der Waals surface area contributed by atoms with E-state index in [1.165, 1.54) is 6.92 Å². The molecule has 0 aliphatic carbocycles. The molecule has 0 aliphatic rings. The highest BCUT2D eigenvalue weighted by Gasteiger charge is 2.07. The van der Waals surface area contributed by atoms with Crippen molar-refractivity contribution in [2.24, 2.45) is 0 Å². The molecule has 0 aliphatic heterocycles. The molecule has 0 aromatic carbocycles. The summed E-state index contributed by atoms with van der Waals surface area (Å²) in [6.07, 6.45) is 0. The van der Waals surface area contributed by atoms with Gasteiger partial charge in [0.25, 0.3) is 0 Å². The Morgan fingerprint density at radius 1 is 1.67 bits per heavy atom. The van der Waals surface area contributed by atoms with E-state index in [1.54, 1.807) is 0 Å². The Hall–Kier alpha value is -0.0700. The number of alkyl halides is 2. The first-order chi connectivity index (χ1) is 4.16. The molecule has 6 heteroatoms. The van der Waals surface area contributed by atoms with E-state index in [1.807, 2.05) is 0 Å². The van der Waals surface area contributed by atoms with Crippen molar-refractivity contribution in [3.63, 3.8) is 0 Å². The summed E-state index contributed by atoms with van der Waals surface area (Å²) < 4.78 is 39.8. The van der Waals surface area contributed by atoms with Crippen molar-refractivity contribution in [2.75, 3.05) is 6.61 Å². The normalized spacial score (nSPS) is 14.2. The Morgan fingerprint density at radius 3 is 2.56 bits per heavy atom. The summed E-state index contributed by atoms with van der Waals surface area (Å²) in [4.78, 5) is 0. The van der Waals surface area contributed by atoms with Crippen molar-refractivity contribution in [1.82, 2.24) is 0 Å². The minimum Gasteiger partial charge on any atom is -0.269 e. The van der Waals surface area contributed by atoms with Crippen molar-refractivity contribution >= 4 is 11.4 Å². The minimum atomic E-state index is -3.04. The van der Waals surface area contributed by atoms with Gasteiger partial charge in [-0.3, -0.25) is 4.18 Å². The van der Waals surface area contributed by atoms with E-state index in [4.69, 9.17) is 0 Å². The lowest BCUT2D eigenvalue weighted by atomic mass is 10.9. The second-order valence-corrected chi connectivity index (χ2v) is 1.80. The van der Waals surface area contributed by atoms with Crippen molar-refractivity contribution in [3.05, 3.63) is 0 Å². The highest BCUT2D eigenvalue weighted by molar-refractivity contribution is 7.75. The SMILES string of the molecule is CCOS(=O)OC(F)F. The molecule has 0 heterocycles. The van der Waals surface area contributed by atoms with Gasteiger partial charge in [-0.1, -0.05) is 0 Å². The predicted octanol–water partition coefficient (Wildman–Crippen LogP) is 0.841. The smallest absolute Gasteiger partial charge is 0.269 e. The molecule has 0 rings (SSSR count). The van der Waals surface area contributed by atoms with Gasteiger partial charge in [0.2, 0.25) is 0 Å². The molecule has 1 unspecified atom stereocenters. The third-order valence-corrected chi connectivity index (χ3v) is 1.10. The minimum absolute atomic E-state index is 0.0827. The quantitative estimate of drug-likeness (QED) is 0.611. The van der Waals surface area contributed by atoms with Gasteiger partial charge in [0.1, 0.15) is 0 Å². The van der Waals surface area contributed by atoms with Crippen LogP contribution in [0, 0.1) is 0 Å². The molecule has 1 atom stereocenters. The highest BCUT2D eigenvalue weighted by Crippen LogP contribution is 1.98. The predicted molar refractivity (Wildman–Crippen MR) is 26.9 cm³/mol. The zero-order valence-corrected chi connectivity index (χ0v) is 5.49. The lowest BCUT2D eigenvalue weighted by Gasteiger charge is -1.97. The molecule has 0 saturated carbocycles. The van der Waals surface area contributed by atoms with Gasteiger partial charge in [0.05, 0.1) is 6.61 Å². The molecular formula is C3H6F2O3S. The van der Waals surface area contributed by atoms with Gasteiger partial charge in [-0.25, -0.2) is 4.18 Å². The van der Waals surface area contributed by atoms with Crippen LogP contribution in [-0.2, 0) is 19.7 Å². The average molecular weight is 160 g/mol. The fourth-order valence-electron chi connectivity index (χ4n) is 0.183. The van der Waals surface area contributed by atoms with Crippen molar-refractivity contribution in [2.45, 2.75) is 13.5 Å². The molecule has 0 bridgehead atoms. The lowest BCUT2D eigenvalue weighted by molar-refractivity contribution is -0.0478. The van der Waals surface area contributed by atoms with Crippen LogP contribution in [0.25, 0.3) is 0 Å². The molecule has 0 fully saturated rings. The summed E-state index contributed by atoms with van der Waals surface area (Å²) >= 11 is -2.30. The van der Waals surface area contributed by atoms with Gasteiger partial charge in [0.15, 0.2) is 0 Å². The van der Waals surface area contributed by atoms with Crippen LogP contribution < -0.4 is 0 Å². The molecule has 0 saturated heterocycles. The van der Waals surface area contributed by atoms with Gasteiger partial charge >= 0.3 is 18.0 Å². The maximum atomic E-state index is 11.1. The van der Waals surface area contributed by atoms with Gasteiger partial charge in [0, 0.05) is 0 Å². The van der Waals surface area contributed by atoms with Crippen LogP contribution in [0.2, 0.25) is 0 Å². The molecule has 0 amide bonds. The molecule has 0 aromatic rings. The average Bonchev–Trinajstić information content (AvgIpc) is 1.63. The second-order valence-electron chi connectivity index (χ2n) is 0.968. The van der Waals surface area contributed by atoms with Gasteiger partial charge in [-0.2, -0.15) is 13.0 Å². The first kappa shape index (κ1) is 8.93. The number of hydrogen-bond donors (Lipinski definition) is 0. The van der Waals surface area contributed by atoms with Crippen LogP contribution in [0.1, 0.15) is 6.92 Å². The standard InChI is InChI=1S/C3H6F2O3S/c1-2-7-9(6)8-3(4)5/h3H,2H2,1H3. The zero-order chi connectivity index (χ0) is 7.28. The second kappa shape index (κ2) is 4.78. The van der Waals surface area contributed by atoms with Crippen molar-refractivity contribution in [1.29, 1.82) is 0 Å². The van der Waals surface area contributed by atoms with E-state index in [0.717, 1.165) is 0 Å². The number of rotatable bonds is 4. The van der Waals surface area contributed by atoms with E-state index >= 15 is 0 Å². The lowest BCUT2D eigenvalue weighted by Crippen LogP contribution is -2.05. The molecule has 0 spiro atoms. The number of halogens is 2. The highest BCUT2D eigenvalue weighted by atomic mass is 32.2. The van der Waals surface area contributed by atoms with E-state index in [2.05, 4.69) is 8.37 Å². The topological polar surface area (TPSA) is 35.5 Å². The Bertz CT molecular complexity index is 97.1. The van der Waals surface area contributed by atoms with E-state index in [0.29, 0.717) is 0 Å². The first-order valence-corrected chi connectivity index (χ1v) is 3.17. The zero-order valence-electron chi connectivity index (χ0n) is 4.67. The monoisotopic (exact) mass is 160 g/mol. The third-order valence-electron chi connectivity index (χ3n) is 0.365. The van der Waals surface area contributed by atoms with E-state index in [-0.39, 0.29) is 6.61 Å². The molecule has 56 valence electrons. The van der Waals surface area contributed by atoms with Gasteiger partial charge in [-0.15, -0.1) is 0 Å². The fourth-order valence-corrected chi connectivity index (χ4v) is 0.550. The Kier molecular flexibility index (Phi) is 4.74. The van der Waals surface area contributed by atoms with Crippen molar-refractivity contribution in [3.8, 4) is 0 Å². The maximum absolute atomic E-state index is 11.1. The number of hydrogen-bond acceptors (Lipinski definition) is 3.